The van der Waals surface area contributed by atoms with Crippen molar-refractivity contribution in [3.63, 3.8) is 0 Å². The van der Waals surface area contributed by atoms with E-state index in [4.69, 9.17) is 16.3 Å². The third kappa shape index (κ3) is 3.54. The van der Waals surface area contributed by atoms with Gasteiger partial charge in [0.15, 0.2) is 0 Å². The maximum atomic E-state index is 6.13. The van der Waals surface area contributed by atoms with Crippen LogP contribution in [0.1, 0.15) is 16.0 Å². The van der Waals surface area contributed by atoms with Gasteiger partial charge in [0.1, 0.15) is 5.75 Å². The van der Waals surface area contributed by atoms with Crippen LogP contribution in [-0.4, -0.2) is 7.11 Å². The Kier molecular flexibility index (Phi) is 5.35. The molecule has 0 aliphatic heterocycles. The first-order valence-electron chi connectivity index (χ1n) is 5.45. The molecule has 1 atom stereocenters. The Morgan fingerprint density at radius 1 is 1.05 bits per heavy atom. The molecule has 2 aromatic carbocycles. The van der Waals surface area contributed by atoms with Gasteiger partial charge in [-0.2, -0.15) is 0 Å². The minimum absolute atomic E-state index is 0.0679. The number of hydrogen-bond acceptors (Lipinski definition) is 1. The van der Waals surface area contributed by atoms with Crippen LogP contribution in [0.25, 0.3) is 0 Å². The van der Waals surface area contributed by atoms with Crippen LogP contribution in [0.3, 0.4) is 0 Å². The summed E-state index contributed by atoms with van der Waals surface area (Å²) in [6, 6.07) is 11.8. The van der Waals surface area contributed by atoms with Crippen LogP contribution >= 0.6 is 59.4 Å². The predicted octanol–water partition coefficient (Wildman–Crippen LogP) is 6.36. The monoisotopic (exact) mass is 466 g/mol. The normalized spacial score (nSPS) is 12.3. The van der Waals surface area contributed by atoms with Gasteiger partial charge in [-0.25, -0.2) is 0 Å². The number of methoxy groups -OCH3 is 1. The molecule has 1 nitrogen and oxygen atoms in total. The van der Waals surface area contributed by atoms with Gasteiger partial charge >= 0.3 is 0 Å². The summed E-state index contributed by atoms with van der Waals surface area (Å²) in [6.07, 6.45) is 0. The molecular formula is C14H10Br3ClO. The van der Waals surface area contributed by atoms with Gasteiger partial charge < -0.3 is 4.74 Å². The van der Waals surface area contributed by atoms with Crippen molar-refractivity contribution >= 4 is 59.4 Å². The second-order valence-electron chi connectivity index (χ2n) is 3.92. The van der Waals surface area contributed by atoms with Crippen molar-refractivity contribution in [2.75, 3.05) is 7.11 Å². The number of alkyl halides is 1. The molecule has 0 bridgehead atoms. The molecule has 1 unspecified atom stereocenters. The van der Waals surface area contributed by atoms with E-state index in [9.17, 15) is 0 Å². The van der Waals surface area contributed by atoms with Crippen molar-refractivity contribution in [3.8, 4) is 5.75 Å². The average molecular weight is 469 g/mol. The summed E-state index contributed by atoms with van der Waals surface area (Å²) in [7, 11) is 1.65. The van der Waals surface area contributed by atoms with Gasteiger partial charge in [0.25, 0.3) is 0 Å². The average Bonchev–Trinajstić information content (AvgIpc) is 2.41. The fraction of sp³-hybridized carbons (Fsp3) is 0.143. The Morgan fingerprint density at radius 2 is 1.79 bits per heavy atom. The van der Waals surface area contributed by atoms with Gasteiger partial charge in [-0.15, -0.1) is 0 Å². The van der Waals surface area contributed by atoms with Crippen molar-refractivity contribution in [2.45, 2.75) is 4.83 Å². The van der Waals surface area contributed by atoms with E-state index in [1.54, 1.807) is 7.11 Å². The molecule has 2 aromatic rings. The van der Waals surface area contributed by atoms with Crippen LogP contribution in [0.5, 0.6) is 5.75 Å². The van der Waals surface area contributed by atoms with Crippen LogP contribution in [0, 0.1) is 0 Å². The summed E-state index contributed by atoms with van der Waals surface area (Å²) < 4.78 is 7.09. The van der Waals surface area contributed by atoms with E-state index in [2.05, 4.69) is 47.8 Å². The van der Waals surface area contributed by atoms with Crippen LogP contribution < -0.4 is 4.74 Å². The largest absolute Gasteiger partial charge is 0.497 e. The fourth-order valence-corrected chi connectivity index (χ4v) is 3.70. The fourth-order valence-electron chi connectivity index (χ4n) is 1.69. The van der Waals surface area contributed by atoms with E-state index >= 15 is 0 Å². The zero-order valence-corrected chi connectivity index (χ0v) is 15.5. The number of rotatable bonds is 3. The lowest BCUT2D eigenvalue weighted by atomic mass is 10.0. The van der Waals surface area contributed by atoms with E-state index in [-0.39, 0.29) is 4.83 Å². The van der Waals surface area contributed by atoms with Crippen LogP contribution in [-0.2, 0) is 0 Å². The Balaban J connectivity index is 2.38. The highest BCUT2D eigenvalue weighted by molar-refractivity contribution is 9.11. The molecule has 100 valence electrons. The minimum Gasteiger partial charge on any atom is -0.497 e. The summed E-state index contributed by atoms with van der Waals surface area (Å²) in [5.41, 5.74) is 2.22. The summed E-state index contributed by atoms with van der Waals surface area (Å²) >= 11 is 16.8. The van der Waals surface area contributed by atoms with E-state index < -0.39 is 0 Å². The van der Waals surface area contributed by atoms with Crippen molar-refractivity contribution in [3.05, 3.63) is 61.5 Å². The minimum atomic E-state index is 0.0679. The first-order valence-corrected chi connectivity index (χ1v) is 8.33. The van der Waals surface area contributed by atoms with Crippen molar-refractivity contribution < 1.29 is 4.74 Å². The second kappa shape index (κ2) is 6.61. The first kappa shape index (κ1) is 15.4. The lowest BCUT2D eigenvalue weighted by Gasteiger charge is -2.14. The second-order valence-corrected chi connectivity index (χ2v) is 6.96. The molecule has 2 rings (SSSR count). The first-order chi connectivity index (χ1) is 9.02. The summed E-state index contributed by atoms with van der Waals surface area (Å²) in [5, 5.41) is 0.701. The highest BCUT2D eigenvalue weighted by Crippen LogP contribution is 2.38. The Morgan fingerprint density at radius 3 is 2.37 bits per heavy atom. The van der Waals surface area contributed by atoms with Gasteiger partial charge in [-0.05, 0) is 51.3 Å². The molecule has 0 heterocycles. The Labute approximate surface area is 142 Å². The van der Waals surface area contributed by atoms with Crippen molar-refractivity contribution in [1.29, 1.82) is 0 Å². The molecule has 0 amide bonds. The molecule has 0 fully saturated rings. The summed E-state index contributed by atoms with van der Waals surface area (Å²) in [6.45, 7) is 0. The topological polar surface area (TPSA) is 9.23 Å². The van der Waals surface area contributed by atoms with Gasteiger partial charge in [0, 0.05) is 8.95 Å². The van der Waals surface area contributed by atoms with Gasteiger partial charge in [-0.1, -0.05) is 55.6 Å². The quantitative estimate of drug-likeness (QED) is 0.476. The van der Waals surface area contributed by atoms with E-state index in [0.29, 0.717) is 5.02 Å². The highest BCUT2D eigenvalue weighted by atomic mass is 79.9. The van der Waals surface area contributed by atoms with Crippen molar-refractivity contribution in [1.82, 2.24) is 0 Å². The maximum Gasteiger partial charge on any atom is 0.120 e. The molecule has 0 N–H and O–H groups in total. The number of halogens is 4. The van der Waals surface area contributed by atoms with Crippen LogP contribution in [0.4, 0.5) is 0 Å². The van der Waals surface area contributed by atoms with Gasteiger partial charge in [0.2, 0.25) is 0 Å². The Hall–Kier alpha value is -0.0300. The van der Waals surface area contributed by atoms with Crippen LogP contribution in [0.15, 0.2) is 45.3 Å². The zero-order chi connectivity index (χ0) is 14.0. The highest BCUT2D eigenvalue weighted by Gasteiger charge is 2.15. The van der Waals surface area contributed by atoms with Crippen molar-refractivity contribution in [2.24, 2.45) is 0 Å². The van der Waals surface area contributed by atoms with E-state index in [1.165, 1.54) is 0 Å². The molecule has 0 radical (unpaired) electrons. The lowest BCUT2D eigenvalue weighted by molar-refractivity contribution is 0.414. The molecule has 0 saturated carbocycles. The molecular weight excluding hydrogens is 459 g/mol. The van der Waals surface area contributed by atoms with Gasteiger partial charge in [-0.3, -0.25) is 0 Å². The third-order valence-electron chi connectivity index (χ3n) is 2.72. The lowest BCUT2D eigenvalue weighted by Crippen LogP contribution is -1.95. The zero-order valence-electron chi connectivity index (χ0n) is 9.96. The van der Waals surface area contributed by atoms with E-state index in [0.717, 1.165) is 25.8 Å². The van der Waals surface area contributed by atoms with Crippen LogP contribution in [0.2, 0.25) is 5.02 Å². The van der Waals surface area contributed by atoms with Gasteiger partial charge in [0.05, 0.1) is 17.0 Å². The summed E-state index contributed by atoms with van der Waals surface area (Å²) in [5.74, 6) is 0.823. The predicted molar refractivity (Wildman–Crippen MR) is 90.6 cm³/mol. The molecule has 0 aliphatic carbocycles. The third-order valence-corrected chi connectivity index (χ3v) is 5.66. The standard InChI is InChI=1S/C14H10Br3ClO/c1-19-9-3-4-10(12(16)7-9)14(17)8-2-5-11(15)13(18)6-8/h2-7,14H,1H3. The Bertz CT molecular complexity index is 601. The molecule has 0 aromatic heterocycles. The maximum absolute atomic E-state index is 6.13. The number of benzene rings is 2. The molecule has 0 saturated heterocycles. The smallest absolute Gasteiger partial charge is 0.120 e. The SMILES string of the molecule is COc1ccc(C(Br)c2ccc(Br)c(Cl)c2)c(Br)c1. The number of ether oxygens (including phenoxy) is 1. The molecule has 0 aliphatic rings. The molecule has 5 heteroatoms. The molecule has 0 spiro atoms. The van der Waals surface area contributed by atoms with E-state index in [1.807, 2.05) is 36.4 Å². The molecule has 19 heavy (non-hydrogen) atoms. The number of hydrogen-bond donors (Lipinski definition) is 0. The summed E-state index contributed by atoms with van der Waals surface area (Å²) in [4.78, 5) is 0.0679.